The summed E-state index contributed by atoms with van der Waals surface area (Å²) in [5.41, 5.74) is 7.75. The maximum absolute atomic E-state index is 11.4. The SMILES string of the molecule is CCCC(=O)Oc1ccc(N=Nc2ccc(C)nc2N)cc1. The fourth-order valence-electron chi connectivity index (χ4n) is 1.73. The number of azo groups is 1. The van der Waals surface area contributed by atoms with Gasteiger partial charge in [0, 0.05) is 12.1 Å². The predicted molar refractivity (Wildman–Crippen MR) is 84.5 cm³/mol. The quantitative estimate of drug-likeness (QED) is 0.511. The number of aromatic nitrogens is 1. The first-order valence-corrected chi connectivity index (χ1v) is 7.04. The molecule has 22 heavy (non-hydrogen) atoms. The molecule has 0 saturated carbocycles. The smallest absolute Gasteiger partial charge is 0.311 e. The molecular formula is C16H18N4O2. The average molecular weight is 298 g/mol. The van der Waals surface area contributed by atoms with E-state index < -0.39 is 0 Å². The van der Waals surface area contributed by atoms with Crippen molar-refractivity contribution >= 4 is 23.2 Å². The van der Waals surface area contributed by atoms with Gasteiger partial charge in [-0.3, -0.25) is 4.79 Å². The second-order valence-electron chi connectivity index (χ2n) is 4.77. The Morgan fingerprint density at radius 1 is 1.18 bits per heavy atom. The normalized spacial score (nSPS) is 10.8. The number of nitrogen functional groups attached to an aromatic ring is 1. The van der Waals surface area contributed by atoms with Crippen molar-refractivity contribution in [3.8, 4) is 5.75 Å². The van der Waals surface area contributed by atoms with Gasteiger partial charge in [0.2, 0.25) is 0 Å². The summed E-state index contributed by atoms with van der Waals surface area (Å²) >= 11 is 0. The lowest BCUT2D eigenvalue weighted by Crippen LogP contribution is -2.06. The molecule has 0 spiro atoms. The Balaban J connectivity index is 2.04. The fraction of sp³-hybridized carbons (Fsp3) is 0.250. The molecule has 0 aliphatic rings. The molecule has 0 bridgehead atoms. The van der Waals surface area contributed by atoms with Gasteiger partial charge in [-0.05, 0) is 49.7 Å². The summed E-state index contributed by atoms with van der Waals surface area (Å²) < 4.78 is 5.16. The molecule has 6 heteroatoms. The Morgan fingerprint density at radius 2 is 1.91 bits per heavy atom. The number of aryl methyl sites for hydroxylation is 1. The van der Waals surface area contributed by atoms with Crippen LogP contribution in [0.1, 0.15) is 25.5 Å². The average Bonchev–Trinajstić information content (AvgIpc) is 2.48. The van der Waals surface area contributed by atoms with E-state index in [0.29, 0.717) is 29.4 Å². The van der Waals surface area contributed by atoms with Crippen LogP contribution in [0.4, 0.5) is 17.2 Å². The summed E-state index contributed by atoms with van der Waals surface area (Å²) in [6.45, 7) is 3.78. The van der Waals surface area contributed by atoms with Gasteiger partial charge in [-0.15, -0.1) is 5.11 Å². The summed E-state index contributed by atoms with van der Waals surface area (Å²) in [5, 5.41) is 8.16. The monoisotopic (exact) mass is 298 g/mol. The summed E-state index contributed by atoms with van der Waals surface area (Å²) in [6.07, 6.45) is 1.16. The van der Waals surface area contributed by atoms with E-state index in [4.69, 9.17) is 10.5 Å². The molecular weight excluding hydrogens is 280 g/mol. The lowest BCUT2D eigenvalue weighted by molar-refractivity contribution is -0.134. The summed E-state index contributed by atoms with van der Waals surface area (Å²) in [5.74, 6) is 0.596. The van der Waals surface area contributed by atoms with Crippen LogP contribution in [0, 0.1) is 6.92 Å². The number of nitrogens with zero attached hydrogens (tertiary/aromatic N) is 3. The van der Waals surface area contributed by atoms with Crippen LogP contribution in [0.5, 0.6) is 5.75 Å². The number of benzene rings is 1. The van der Waals surface area contributed by atoms with Gasteiger partial charge in [-0.2, -0.15) is 5.11 Å². The number of hydrogen-bond acceptors (Lipinski definition) is 6. The van der Waals surface area contributed by atoms with Crippen molar-refractivity contribution in [2.75, 3.05) is 5.73 Å². The lowest BCUT2D eigenvalue weighted by atomic mass is 10.3. The van der Waals surface area contributed by atoms with Gasteiger partial charge in [-0.1, -0.05) is 6.92 Å². The Kier molecular flexibility index (Phi) is 5.19. The van der Waals surface area contributed by atoms with Crippen molar-refractivity contribution < 1.29 is 9.53 Å². The van der Waals surface area contributed by atoms with Crippen LogP contribution in [-0.2, 0) is 4.79 Å². The number of pyridine rings is 1. The van der Waals surface area contributed by atoms with Crippen molar-refractivity contribution in [2.45, 2.75) is 26.7 Å². The Labute approximate surface area is 129 Å². The lowest BCUT2D eigenvalue weighted by Gasteiger charge is -2.03. The summed E-state index contributed by atoms with van der Waals surface area (Å²) in [6, 6.07) is 10.4. The molecule has 0 fully saturated rings. The minimum atomic E-state index is -0.240. The van der Waals surface area contributed by atoms with E-state index in [1.165, 1.54) is 0 Å². The topological polar surface area (TPSA) is 89.9 Å². The van der Waals surface area contributed by atoms with Crippen molar-refractivity contribution in [3.05, 3.63) is 42.1 Å². The zero-order valence-corrected chi connectivity index (χ0v) is 12.6. The van der Waals surface area contributed by atoms with Crippen molar-refractivity contribution in [2.24, 2.45) is 10.2 Å². The third-order valence-electron chi connectivity index (χ3n) is 2.84. The summed E-state index contributed by atoms with van der Waals surface area (Å²) in [7, 11) is 0. The predicted octanol–water partition coefficient (Wildman–Crippen LogP) is 4.09. The van der Waals surface area contributed by atoms with Crippen LogP contribution in [0.25, 0.3) is 0 Å². The van der Waals surface area contributed by atoms with Gasteiger partial charge >= 0.3 is 5.97 Å². The highest BCUT2D eigenvalue weighted by atomic mass is 16.5. The first kappa shape index (κ1) is 15.6. The molecule has 2 aromatic rings. The van der Waals surface area contributed by atoms with Crippen LogP contribution in [0.2, 0.25) is 0 Å². The molecule has 0 atom stereocenters. The van der Waals surface area contributed by atoms with E-state index in [2.05, 4.69) is 15.2 Å². The molecule has 0 aliphatic heterocycles. The van der Waals surface area contributed by atoms with Crippen LogP contribution in [-0.4, -0.2) is 11.0 Å². The zero-order valence-electron chi connectivity index (χ0n) is 12.6. The van der Waals surface area contributed by atoms with Gasteiger partial charge in [0.15, 0.2) is 5.82 Å². The largest absolute Gasteiger partial charge is 0.427 e. The minimum Gasteiger partial charge on any atom is -0.427 e. The summed E-state index contributed by atoms with van der Waals surface area (Å²) in [4.78, 5) is 15.5. The van der Waals surface area contributed by atoms with Crippen LogP contribution in [0.3, 0.4) is 0 Å². The number of rotatable bonds is 5. The molecule has 1 aromatic heterocycles. The van der Waals surface area contributed by atoms with E-state index in [0.717, 1.165) is 12.1 Å². The number of hydrogen-bond donors (Lipinski definition) is 1. The first-order valence-electron chi connectivity index (χ1n) is 7.04. The molecule has 2 N–H and O–H groups in total. The van der Waals surface area contributed by atoms with Crippen molar-refractivity contribution in [3.63, 3.8) is 0 Å². The maximum Gasteiger partial charge on any atom is 0.311 e. The molecule has 1 aromatic carbocycles. The Hall–Kier alpha value is -2.76. The maximum atomic E-state index is 11.4. The van der Waals surface area contributed by atoms with E-state index >= 15 is 0 Å². The molecule has 0 aliphatic carbocycles. The second-order valence-corrected chi connectivity index (χ2v) is 4.77. The van der Waals surface area contributed by atoms with E-state index in [1.54, 1.807) is 30.3 Å². The van der Waals surface area contributed by atoms with Crippen LogP contribution < -0.4 is 10.5 Å². The van der Waals surface area contributed by atoms with Crippen LogP contribution >= 0.6 is 0 Å². The van der Waals surface area contributed by atoms with Crippen molar-refractivity contribution in [1.29, 1.82) is 0 Å². The van der Waals surface area contributed by atoms with Crippen molar-refractivity contribution in [1.82, 2.24) is 4.98 Å². The van der Waals surface area contributed by atoms with Gasteiger partial charge in [0.1, 0.15) is 11.4 Å². The number of ether oxygens (including phenoxy) is 1. The second kappa shape index (κ2) is 7.31. The van der Waals surface area contributed by atoms with Crippen LogP contribution in [0.15, 0.2) is 46.6 Å². The van der Waals surface area contributed by atoms with E-state index in [-0.39, 0.29) is 5.97 Å². The van der Waals surface area contributed by atoms with Gasteiger partial charge < -0.3 is 10.5 Å². The molecule has 2 rings (SSSR count). The number of carbonyl (C=O) groups is 1. The molecule has 0 unspecified atom stereocenters. The highest BCUT2D eigenvalue weighted by molar-refractivity contribution is 5.72. The number of anilines is 1. The Morgan fingerprint density at radius 3 is 2.55 bits per heavy atom. The number of nitrogens with two attached hydrogens (primary N) is 1. The van der Waals surface area contributed by atoms with Gasteiger partial charge in [0.25, 0.3) is 0 Å². The zero-order chi connectivity index (χ0) is 15.9. The third-order valence-corrected chi connectivity index (χ3v) is 2.84. The van der Waals surface area contributed by atoms with Gasteiger partial charge in [0.05, 0.1) is 5.69 Å². The standard InChI is InChI=1S/C16H18N4O2/c1-3-4-15(21)22-13-8-6-12(7-9-13)19-20-14-10-5-11(2)18-16(14)17/h5-10H,3-4H2,1-2H3,(H2,17,18). The molecule has 1 heterocycles. The third kappa shape index (κ3) is 4.37. The highest BCUT2D eigenvalue weighted by Crippen LogP contribution is 2.24. The molecule has 0 radical (unpaired) electrons. The minimum absolute atomic E-state index is 0.240. The van der Waals surface area contributed by atoms with Gasteiger partial charge in [-0.25, -0.2) is 4.98 Å². The molecule has 114 valence electrons. The first-order chi connectivity index (χ1) is 10.6. The Bertz CT molecular complexity index is 681. The molecule has 0 amide bonds. The number of carbonyl (C=O) groups excluding carboxylic acids is 1. The number of esters is 1. The fourth-order valence-corrected chi connectivity index (χ4v) is 1.73. The molecule has 6 nitrogen and oxygen atoms in total. The van der Waals surface area contributed by atoms with E-state index in [1.807, 2.05) is 19.9 Å². The highest BCUT2D eigenvalue weighted by Gasteiger charge is 2.03. The van der Waals surface area contributed by atoms with E-state index in [9.17, 15) is 4.79 Å². The molecule has 0 saturated heterocycles.